The normalized spacial score (nSPS) is 22.4. The summed E-state index contributed by atoms with van der Waals surface area (Å²) in [5, 5.41) is 5.60. The van der Waals surface area contributed by atoms with Crippen molar-refractivity contribution in [3.63, 3.8) is 0 Å². The third kappa shape index (κ3) is 3.67. The van der Waals surface area contributed by atoms with Gasteiger partial charge in [-0.2, -0.15) is 0 Å². The third-order valence-corrected chi connectivity index (χ3v) is 4.83. The quantitative estimate of drug-likeness (QED) is 0.898. The van der Waals surface area contributed by atoms with Crippen molar-refractivity contribution in [3.05, 3.63) is 35.4 Å². The number of nitrogens with one attached hydrogen (secondary N) is 2. The second kappa shape index (κ2) is 6.95. The average Bonchev–Trinajstić information content (AvgIpc) is 3.00. The van der Waals surface area contributed by atoms with Crippen molar-refractivity contribution in [2.75, 3.05) is 0 Å². The highest BCUT2D eigenvalue weighted by molar-refractivity contribution is 5.90. The summed E-state index contributed by atoms with van der Waals surface area (Å²) in [6.45, 7) is 0.524. The Morgan fingerprint density at radius 3 is 2.45 bits per heavy atom. The van der Waals surface area contributed by atoms with Crippen LogP contribution in [0.15, 0.2) is 24.3 Å². The van der Waals surface area contributed by atoms with E-state index in [4.69, 9.17) is 0 Å². The van der Waals surface area contributed by atoms with E-state index in [0.717, 1.165) is 5.56 Å². The molecular weight excluding hydrogens is 276 g/mol. The number of carbonyl (C=O) groups excluding carboxylic acids is 2. The van der Waals surface area contributed by atoms with Crippen molar-refractivity contribution in [1.82, 2.24) is 10.6 Å². The van der Waals surface area contributed by atoms with Gasteiger partial charge in [0.2, 0.25) is 11.8 Å². The number of hydrogen-bond donors (Lipinski definition) is 2. The first-order valence-corrected chi connectivity index (χ1v) is 8.38. The third-order valence-electron chi connectivity index (χ3n) is 4.83. The van der Waals surface area contributed by atoms with E-state index in [2.05, 4.69) is 34.9 Å². The minimum atomic E-state index is -0.353. The molecule has 3 rings (SSSR count). The first-order chi connectivity index (χ1) is 10.7. The summed E-state index contributed by atoms with van der Waals surface area (Å²) in [5.41, 5.74) is 2.54. The Hall–Kier alpha value is -1.84. The first kappa shape index (κ1) is 15.1. The van der Waals surface area contributed by atoms with Crippen molar-refractivity contribution in [2.24, 2.45) is 0 Å². The van der Waals surface area contributed by atoms with Crippen molar-refractivity contribution in [2.45, 2.75) is 63.5 Å². The maximum absolute atomic E-state index is 12.0. The fraction of sp³-hybridized carbons (Fsp3) is 0.556. The van der Waals surface area contributed by atoms with Crippen molar-refractivity contribution >= 4 is 11.8 Å². The zero-order valence-electron chi connectivity index (χ0n) is 12.9. The van der Waals surface area contributed by atoms with Gasteiger partial charge >= 0.3 is 0 Å². The van der Waals surface area contributed by atoms with Gasteiger partial charge in [-0.05, 0) is 36.3 Å². The summed E-state index contributed by atoms with van der Waals surface area (Å²) in [7, 11) is 0. The van der Waals surface area contributed by atoms with Crippen LogP contribution in [0, 0.1) is 0 Å². The van der Waals surface area contributed by atoms with Crippen LogP contribution in [0.3, 0.4) is 0 Å². The summed E-state index contributed by atoms with van der Waals surface area (Å²) < 4.78 is 0. The van der Waals surface area contributed by atoms with Gasteiger partial charge < -0.3 is 10.6 Å². The Kier molecular flexibility index (Phi) is 4.76. The van der Waals surface area contributed by atoms with Crippen LogP contribution >= 0.6 is 0 Å². The Balaban J connectivity index is 1.50. The van der Waals surface area contributed by atoms with E-state index < -0.39 is 0 Å². The van der Waals surface area contributed by atoms with E-state index >= 15 is 0 Å². The number of benzene rings is 1. The lowest BCUT2D eigenvalue weighted by Gasteiger charge is -2.22. The van der Waals surface area contributed by atoms with Crippen LogP contribution in [0.5, 0.6) is 0 Å². The molecule has 4 nitrogen and oxygen atoms in total. The number of rotatable bonds is 4. The molecule has 118 valence electrons. The molecule has 0 radical (unpaired) electrons. The minimum absolute atomic E-state index is 0.0306. The van der Waals surface area contributed by atoms with Gasteiger partial charge in [0.05, 0.1) is 0 Å². The van der Waals surface area contributed by atoms with E-state index in [1.165, 1.54) is 37.7 Å². The second-order valence-electron chi connectivity index (χ2n) is 6.45. The van der Waals surface area contributed by atoms with Crippen LogP contribution in [0.25, 0.3) is 0 Å². The summed E-state index contributed by atoms with van der Waals surface area (Å²) in [6, 6.07) is 8.27. The molecule has 1 atom stereocenters. The maximum Gasteiger partial charge on any atom is 0.242 e. The topological polar surface area (TPSA) is 58.2 Å². The zero-order chi connectivity index (χ0) is 15.4. The first-order valence-electron chi connectivity index (χ1n) is 8.38. The molecule has 1 aromatic rings. The molecule has 1 heterocycles. The van der Waals surface area contributed by atoms with Gasteiger partial charge in [0.15, 0.2) is 0 Å². The SMILES string of the molecule is O=C1CCC(C(=O)NCc2ccc(C3CCCCC3)cc2)N1. The van der Waals surface area contributed by atoms with Gasteiger partial charge in [-0.3, -0.25) is 9.59 Å². The Morgan fingerprint density at radius 1 is 1.09 bits per heavy atom. The molecule has 2 aliphatic rings. The smallest absolute Gasteiger partial charge is 0.242 e. The van der Waals surface area contributed by atoms with Gasteiger partial charge in [0, 0.05) is 13.0 Å². The molecule has 0 bridgehead atoms. The van der Waals surface area contributed by atoms with E-state index in [9.17, 15) is 9.59 Å². The van der Waals surface area contributed by atoms with Crippen LogP contribution in [-0.2, 0) is 16.1 Å². The lowest BCUT2D eigenvalue weighted by Crippen LogP contribution is -2.41. The zero-order valence-corrected chi connectivity index (χ0v) is 12.9. The number of amides is 2. The highest BCUT2D eigenvalue weighted by atomic mass is 16.2. The fourth-order valence-electron chi connectivity index (χ4n) is 3.47. The van der Waals surface area contributed by atoms with Crippen LogP contribution < -0.4 is 10.6 Å². The molecule has 2 amide bonds. The molecule has 1 aliphatic carbocycles. The van der Waals surface area contributed by atoms with Crippen LogP contribution in [0.2, 0.25) is 0 Å². The van der Waals surface area contributed by atoms with Crippen LogP contribution in [0.1, 0.15) is 62.0 Å². The summed E-state index contributed by atoms with van der Waals surface area (Å²) in [5.74, 6) is 0.602. The standard InChI is InChI=1S/C18H24N2O2/c21-17-11-10-16(20-17)18(22)19-12-13-6-8-15(9-7-13)14-4-2-1-3-5-14/h6-9,14,16H,1-5,10-12H2,(H,19,22)(H,20,21). The Bertz CT molecular complexity index is 533. The predicted octanol–water partition coefficient (Wildman–Crippen LogP) is 2.63. The molecule has 1 aliphatic heterocycles. The number of carbonyl (C=O) groups is 2. The molecule has 2 fully saturated rings. The van der Waals surface area contributed by atoms with Crippen molar-refractivity contribution < 1.29 is 9.59 Å². The van der Waals surface area contributed by atoms with Gasteiger partial charge in [-0.1, -0.05) is 43.5 Å². The monoisotopic (exact) mass is 300 g/mol. The Labute approximate surface area is 131 Å². The van der Waals surface area contributed by atoms with Crippen LogP contribution in [-0.4, -0.2) is 17.9 Å². The molecule has 22 heavy (non-hydrogen) atoms. The fourth-order valence-corrected chi connectivity index (χ4v) is 3.47. The van der Waals surface area contributed by atoms with E-state index in [0.29, 0.717) is 25.3 Å². The second-order valence-corrected chi connectivity index (χ2v) is 6.45. The predicted molar refractivity (Wildman–Crippen MR) is 85.3 cm³/mol. The highest BCUT2D eigenvalue weighted by Crippen LogP contribution is 2.32. The van der Waals surface area contributed by atoms with Gasteiger partial charge in [-0.25, -0.2) is 0 Å². The largest absolute Gasteiger partial charge is 0.350 e. The molecule has 4 heteroatoms. The molecule has 0 spiro atoms. The molecule has 0 aromatic heterocycles. The van der Waals surface area contributed by atoms with E-state index in [-0.39, 0.29) is 17.9 Å². The highest BCUT2D eigenvalue weighted by Gasteiger charge is 2.26. The molecule has 1 aromatic carbocycles. The van der Waals surface area contributed by atoms with Crippen molar-refractivity contribution in [1.29, 1.82) is 0 Å². The van der Waals surface area contributed by atoms with E-state index in [1.54, 1.807) is 0 Å². The lowest BCUT2D eigenvalue weighted by atomic mass is 9.84. The van der Waals surface area contributed by atoms with Crippen molar-refractivity contribution in [3.8, 4) is 0 Å². The van der Waals surface area contributed by atoms with Gasteiger partial charge in [-0.15, -0.1) is 0 Å². The maximum atomic E-state index is 12.0. The summed E-state index contributed by atoms with van der Waals surface area (Å²) >= 11 is 0. The average molecular weight is 300 g/mol. The molecule has 1 unspecified atom stereocenters. The summed E-state index contributed by atoms with van der Waals surface area (Å²) in [6.07, 6.45) is 7.72. The van der Waals surface area contributed by atoms with Gasteiger partial charge in [0.25, 0.3) is 0 Å². The lowest BCUT2D eigenvalue weighted by molar-refractivity contribution is -0.125. The molecular formula is C18H24N2O2. The number of hydrogen-bond acceptors (Lipinski definition) is 2. The Morgan fingerprint density at radius 2 is 1.82 bits per heavy atom. The summed E-state index contributed by atoms with van der Waals surface area (Å²) in [4.78, 5) is 23.1. The molecule has 1 saturated carbocycles. The minimum Gasteiger partial charge on any atom is -0.350 e. The molecule has 1 saturated heterocycles. The van der Waals surface area contributed by atoms with Crippen LogP contribution in [0.4, 0.5) is 0 Å². The van der Waals surface area contributed by atoms with E-state index in [1.807, 2.05) is 0 Å². The molecule has 2 N–H and O–H groups in total. The van der Waals surface area contributed by atoms with Gasteiger partial charge in [0.1, 0.15) is 6.04 Å².